The van der Waals surface area contributed by atoms with Crippen molar-refractivity contribution in [1.82, 2.24) is 9.13 Å². The zero-order valence-corrected chi connectivity index (χ0v) is 20.3. The lowest BCUT2D eigenvalue weighted by molar-refractivity contribution is 0.324. The Balaban J connectivity index is 1.94. The van der Waals surface area contributed by atoms with Crippen LogP contribution in [-0.4, -0.2) is 41.3 Å². The molecule has 0 radical (unpaired) electrons. The van der Waals surface area contributed by atoms with Crippen molar-refractivity contribution in [3.05, 3.63) is 68.4 Å². The molecule has 0 saturated heterocycles. The van der Waals surface area contributed by atoms with E-state index >= 15 is 0 Å². The summed E-state index contributed by atoms with van der Waals surface area (Å²) in [6.45, 7) is 0. The summed E-state index contributed by atoms with van der Waals surface area (Å²) in [5, 5.41) is 10.6. The molecular weight excluding hydrogens is 458 g/mol. The quantitative estimate of drug-likeness (QED) is 0.594. The number of para-hydroxylation sites is 1. The number of nitrogens with zero attached hydrogens (tertiary/aromatic N) is 3. The van der Waals surface area contributed by atoms with Gasteiger partial charge in [-0.2, -0.15) is 0 Å². The van der Waals surface area contributed by atoms with Crippen molar-refractivity contribution in [2.24, 2.45) is 19.1 Å². The predicted molar refractivity (Wildman–Crippen MR) is 131 cm³/mol. The number of thioether (sulfide) groups is 1. The Labute approximate surface area is 200 Å². The summed E-state index contributed by atoms with van der Waals surface area (Å²) in [4.78, 5) is 31.0. The lowest BCUT2D eigenvalue weighted by atomic mass is 10.0. The number of aliphatic imine (C=N–C) groups is 1. The normalized spacial score (nSPS) is 15.2. The number of aromatic hydroxyl groups is 1. The molecule has 0 fully saturated rings. The maximum atomic E-state index is 13.1. The van der Waals surface area contributed by atoms with Gasteiger partial charge >= 0.3 is 5.69 Å². The third kappa shape index (κ3) is 3.94. The molecule has 0 saturated carbocycles. The van der Waals surface area contributed by atoms with Crippen molar-refractivity contribution in [3.63, 3.8) is 0 Å². The number of rotatable bonds is 5. The standard InChI is InChI=1S/C24H25N3O6S/c1-26-22(28)20(23(29)27(2)24(26)30)15-12-19(34-18-9-7-6-8-14(18)25-15)13-10-16(31-3)21(33-5)17(11-13)32-4/h6-11,19,28H,12H2,1-5H3/t19-/m0/s1. The van der Waals surface area contributed by atoms with Crippen LogP contribution < -0.4 is 25.5 Å². The molecule has 10 heteroatoms. The van der Waals surface area contributed by atoms with Crippen LogP contribution in [-0.2, 0) is 14.1 Å². The number of fused-ring (bicyclic) bond motifs is 1. The Kier molecular flexibility index (Phi) is 6.43. The van der Waals surface area contributed by atoms with E-state index in [4.69, 9.17) is 19.2 Å². The average Bonchev–Trinajstić information content (AvgIpc) is 3.05. The molecule has 1 atom stereocenters. The number of hydrogen-bond donors (Lipinski definition) is 1. The van der Waals surface area contributed by atoms with Gasteiger partial charge in [0.25, 0.3) is 5.56 Å². The van der Waals surface area contributed by atoms with Crippen LogP contribution in [0, 0.1) is 0 Å². The summed E-state index contributed by atoms with van der Waals surface area (Å²) in [5.74, 6) is 1.08. The van der Waals surface area contributed by atoms with Gasteiger partial charge in [-0.15, -0.1) is 11.8 Å². The molecular formula is C24H25N3O6S. The fourth-order valence-electron chi connectivity index (χ4n) is 3.93. The Hall–Kier alpha value is -3.66. The highest BCUT2D eigenvalue weighted by molar-refractivity contribution is 7.99. The topological polar surface area (TPSA) is 104 Å². The van der Waals surface area contributed by atoms with E-state index < -0.39 is 17.1 Å². The highest BCUT2D eigenvalue weighted by Crippen LogP contribution is 2.49. The van der Waals surface area contributed by atoms with Crippen molar-refractivity contribution >= 4 is 23.2 Å². The molecule has 9 nitrogen and oxygen atoms in total. The number of methoxy groups -OCH3 is 3. The molecule has 1 aliphatic rings. The fraction of sp³-hybridized carbons (Fsp3) is 0.292. The second-order valence-electron chi connectivity index (χ2n) is 7.70. The van der Waals surface area contributed by atoms with E-state index in [1.807, 2.05) is 36.4 Å². The molecule has 1 N–H and O–H groups in total. The van der Waals surface area contributed by atoms with Gasteiger partial charge in [-0.05, 0) is 29.8 Å². The van der Waals surface area contributed by atoms with E-state index in [-0.39, 0.29) is 10.8 Å². The minimum atomic E-state index is -0.614. The molecule has 2 heterocycles. The van der Waals surface area contributed by atoms with Crippen molar-refractivity contribution in [1.29, 1.82) is 0 Å². The highest BCUT2D eigenvalue weighted by Gasteiger charge is 2.29. The van der Waals surface area contributed by atoms with Gasteiger partial charge in [-0.25, -0.2) is 4.79 Å². The minimum Gasteiger partial charge on any atom is -0.494 e. The largest absolute Gasteiger partial charge is 0.494 e. The van der Waals surface area contributed by atoms with E-state index in [1.165, 1.54) is 14.1 Å². The molecule has 2 aromatic carbocycles. The van der Waals surface area contributed by atoms with E-state index in [9.17, 15) is 14.7 Å². The molecule has 3 aromatic rings. The molecule has 0 bridgehead atoms. The van der Waals surface area contributed by atoms with Crippen LogP contribution in [0.2, 0.25) is 0 Å². The molecule has 34 heavy (non-hydrogen) atoms. The lowest BCUT2D eigenvalue weighted by Crippen LogP contribution is -2.40. The van der Waals surface area contributed by atoms with Crippen LogP contribution >= 0.6 is 11.8 Å². The monoisotopic (exact) mass is 483 g/mol. The predicted octanol–water partition coefficient (Wildman–Crippen LogP) is 3.17. The van der Waals surface area contributed by atoms with Crippen LogP contribution in [0.3, 0.4) is 0 Å². The second kappa shape index (κ2) is 9.30. The Morgan fingerprint density at radius 2 is 1.65 bits per heavy atom. The molecule has 1 aliphatic heterocycles. The van der Waals surface area contributed by atoms with E-state index in [0.717, 1.165) is 19.6 Å². The fourth-order valence-corrected chi connectivity index (χ4v) is 5.14. The third-order valence-electron chi connectivity index (χ3n) is 5.75. The van der Waals surface area contributed by atoms with Gasteiger partial charge in [-0.3, -0.25) is 18.9 Å². The molecule has 0 unspecified atom stereocenters. The molecule has 0 spiro atoms. The SMILES string of the molecule is COc1cc([C@@H]2CC(c3c(O)n(C)c(=O)n(C)c3=O)=Nc3ccccc3S2)cc(OC)c1OC. The van der Waals surface area contributed by atoms with Crippen LogP contribution in [0.25, 0.3) is 0 Å². The first-order chi connectivity index (χ1) is 16.3. The van der Waals surface area contributed by atoms with Crippen LogP contribution in [0.1, 0.15) is 22.8 Å². The summed E-state index contributed by atoms with van der Waals surface area (Å²) in [6.07, 6.45) is 0.305. The zero-order chi connectivity index (χ0) is 24.6. The third-order valence-corrected chi connectivity index (χ3v) is 7.07. The Morgan fingerprint density at radius 3 is 2.26 bits per heavy atom. The summed E-state index contributed by atoms with van der Waals surface area (Å²) >= 11 is 1.58. The van der Waals surface area contributed by atoms with Gasteiger partial charge in [-0.1, -0.05) is 12.1 Å². The Morgan fingerprint density at radius 1 is 1.00 bits per heavy atom. The van der Waals surface area contributed by atoms with Crippen molar-refractivity contribution in [2.75, 3.05) is 21.3 Å². The maximum absolute atomic E-state index is 13.1. The lowest BCUT2D eigenvalue weighted by Gasteiger charge is -2.20. The average molecular weight is 484 g/mol. The van der Waals surface area contributed by atoms with Crippen molar-refractivity contribution in [3.8, 4) is 23.1 Å². The van der Waals surface area contributed by atoms with Crippen LogP contribution in [0.4, 0.5) is 5.69 Å². The van der Waals surface area contributed by atoms with Gasteiger partial charge in [0.05, 0.1) is 32.7 Å². The number of benzene rings is 2. The molecule has 0 aliphatic carbocycles. The summed E-state index contributed by atoms with van der Waals surface area (Å²) < 4.78 is 18.5. The zero-order valence-electron chi connectivity index (χ0n) is 19.5. The first-order valence-electron chi connectivity index (χ1n) is 10.4. The molecule has 4 rings (SSSR count). The smallest absolute Gasteiger partial charge is 0.333 e. The highest BCUT2D eigenvalue weighted by atomic mass is 32.2. The van der Waals surface area contributed by atoms with E-state index in [1.54, 1.807) is 33.1 Å². The number of hydrogen-bond acceptors (Lipinski definition) is 8. The van der Waals surface area contributed by atoms with Gasteiger partial charge in [0.15, 0.2) is 11.5 Å². The first kappa shape index (κ1) is 23.5. The van der Waals surface area contributed by atoms with Crippen molar-refractivity contribution in [2.45, 2.75) is 16.6 Å². The van der Waals surface area contributed by atoms with Crippen molar-refractivity contribution < 1.29 is 19.3 Å². The van der Waals surface area contributed by atoms with Gasteiger partial charge in [0.1, 0.15) is 5.56 Å². The van der Waals surface area contributed by atoms with Gasteiger partial charge in [0, 0.05) is 30.7 Å². The molecule has 0 amide bonds. The summed E-state index contributed by atoms with van der Waals surface area (Å²) in [6, 6.07) is 11.3. The molecule has 178 valence electrons. The number of aromatic nitrogens is 2. The maximum Gasteiger partial charge on any atom is 0.333 e. The van der Waals surface area contributed by atoms with Crippen LogP contribution in [0.5, 0.6) is 23.1 Å². The van der Waals surface area contributed by atoms with Crippen LogP contribution in [0.15, 0.2) is 55.9 Å². The number of ether oxygens (including phenoxy) is 3. The van der Waals surface area contributed by atoms with E-state index in [0.29, 0.717) is 35.1 Å². The summed E-state index contributed by atoms with van der Waals surface area (Å²) in [7, 11) is 7.44. The Bertz CT molecular complexity index is 1380. The van der Waals surface area contributed by atoms with Gasteiger partial charge < -0.3 is 19.3 Å². The van der Waals surface area contributed by atoms with E-state index in [2.05, 4.69) is 0 Å². The van der Waals surface area contributed by atoms with Gasteiger partial charge in [0.2, 0.25) is 11.6 Å². The molecule has 1 aromatic heterocycles. The minimum absolute atomic E-state index is 0.000607. The summed E-state index contributed by atoms with van der Waals surface area (Å²) in [5.41, 5.74) is 0.700. The first-order valence-corrected chi connectivity index (χ1v) is 11.3. The second-order valence-corrected chi connectivity index (χ2v) is 8.94.